The van der Waals surface area contributed by atoms with E-state index in [0.717, 1.165) is 12.3 Å². The van der Waals surface area contributed by atoms with E-state index in [1.807, 2.05) is 0 Å². The lowest BCUT2D eigenvalue weighted by atomic mass is 10.2. The number of nitrogens with zero attached hydrogens (tertiary/aromatic N) is 1. The van der Waals surface area contributed by atoms with Crippen LogP contribution >= 0.6 is 11.6 Å². The smallest absolute Gasteiger partial charge is 0.330 e. The first-order chi connectivity index (χ1) is 6.45. The van der Waals surface area contributed by atoms with Gasteiger partial charge in [0, 0.05) is 18.3 Å². The molecule has 1 rings (SSSR count). The Balaban J connectivity index is 3.09. The van der Waals surface area contributed by atoms with Gasteiger partial charge in [0.05, 0.1) is 10.6 Å². The zero-order valence-corrected chi connectivity index (χ0v) is 7.86. The normalized spacial score (nSPS) is 11.8. The highest BCUT2D eigenvalue weighted by molar-refractivity contribution is 6.31. The molecular formula is C8H8ClF3N2. The van der Waals surface area contributed by atoms with Gasteiger partial charge >= 0.3 is 6.18 Å². The van der Waals surface area contributed by atoms with E-state index in [4.69, 9.17) is 17.3 Å². The second kappa shape index (κ2) is 4.14. The van der Waals surface area contributed by atoms with Gasteiger partial charge in [-0.1, -0.05) is 11.6 Å². The molecule has 0 atom stereocenters. The van der Waals surface area contributed by atoms with Crippen LogP contribution in [-0.4, -0.2) is 11.5 Å². The quantitative estimate of drug-likeness (QED) is 0.837. The maximum absolute atomic E-state index is 12.3. The minimum Gasteiger partial charge on any atom is -0.330 e. The standard InChI is InChI=1S/C8H8ClF3N2/c9-7-4-14-5(1-2-13)3-6(7)8(10,11)12/h3-4H,1-2,13H2. The van der Waals surface area contributed by atoms with Gasteiger partial charge in [0.2, 0.25) is 0 Å². The summed E-state index contributed by atoms with van der Waals surface area (Å²) in [6.45, 7) is 0.256. The summed E-state index contributed by atoms with van der Waals surface area (Å²) < 4.78 is 37.0. The van der Waals surface area contributed by atoms with Gasteiger partial charge in [-0.2, -0.15) is 13.2 Å². The molecule has 1 heterocycles. The average Bonchev–Trinajstić information content (AvgIpc) is 2.07. The maximum atomic E-state index is 12.3. The van der Waals surface area contributed by atoms with Crippen LogP contribution in [-0.2, 0) is 12.6 Å². The lowest BCUT2D eigenvalue weighted by molar-refractivity contribution is -0.137. The predicted octanol–water partition coefficient (Wildman–Crippen LogP) is 2.25. The van der Waals surface area contributed by atoms with Crippen molar-refractivity contribution < 1.29 is 13.2 Å². The number of hydrogen-bond acceptors (Lipinski definition) is 2. The van der Waals surface area contributed by atoms with Crippen molar-refractivity contribution >= 4 is 11.6 Å². The molecule has 0 aliphatic heterocycles. The molecule has 0 spiro atoms. The molecule has 2 N–H and O–H groups in total. The Morgan fingerprint density at radius 3 is 2.57 bits per heavy atom. The monoisotopic (exact) mass is 224 g/mol. The lowest BCUT2D eigenvalue weighted by Crippen LogP contribution is -2.10. The molecule has 0 amide bonds. The summed E-state index contributed by atoms with van der Waals surface area (Å²) in [5, 5.41) is -0.390. The fourth-order valence-electron chi connectivity index (χ4n) is 0.984. The molecule has 1 aromatic rings. The van der Waals surface area contributed by atoms with Crippen molar-refractivity contribution in [1.29, 1.82) is 0 Å². The number of pyridine rings is 1. The predicted molar refractivity (Wildman–Crippen MR) is 47.0 cm³/mol. The molecule has 0 aromatic carbocycles. The van der Waals surface area contributed by atoms with E-state index in [1.165, 1.54) is 0 Å². The first-order valence-corrected chi connectivity index (χ1v) is 4.24. The molecule has 2 nitrogen and oxygen atoms in total. The van der Waals surface area contributed by atoms with Crippen LogP contribution in [0.1, 0.15) is 11.3 Å². The van der Waals surface area contributed by atoms with E-state index in [0.29, 0.717) is 12.1 Å². The fourth-order valence-corrected chi connectivity index (χ4v) is 1.19. The summed E-state index contributed by atoms with van der Waals surface area (Å²) in [6, 6.07) is 0.926. The van der Waals surface area contributed by atoms with E-state index in [9.17, 15) is 13.2 Å². The first-order valence-electron chi connectivity index (χ1n) is 3.87. The average molecular weight is 225 g/mol. The highest BCUT2D eigenvalue weighted by Crippen LogP contribution is 2.34. The van der Waals surface area contributed by atoms with Crippen LogP contribution < -0.4 is 5.73 Å². The number of aromatic nitrogens is 1. The lowest BCUT2D eigenvalue weighted by Gasteiger charge is -2.09. The zero-order chi connectivity index (χ0) is 10.8. The minimum absolute atomic E-state index is 0.256. The fraction of sp³-hybridized carbons (Fsp3) is 0.375. The molecule has 14 heavy (non-hydrogen) atoms. The van der Waals surface area contributed by atoms with Gasteiger partial charge < -0.3 is 5.73 Å². The Morgan fingerprint density at radius 2 is 2.07 bits per heavy atom. The van der Waals surface area contributed by atoms with Crippen LogP contribution in [0.2, 0.25) is 5.02 Å². The van der Waals surface area contributed by atoms with Crippen LogP contribution in [0, 0.1) is 0 Å². The number of hydrogen-bond donors (Lipinski definition) is 1. The molecule has 0 saturated carbocycles. The van der Waals surface area contributed by atoms with Crippen molar-refractivity contribution in [2.24, 2.45) is 5.73 Å². The molecule has 0 fully saturated rings. The van der Waals surface area contributed by atoms with E-state index in [-0.39, 0.29) is 6.54 Å². The van der Waals surface area contributed by atoms with Crippen molar-refractivity contribution in [1.82, 2.24) is 4.98 Å². The van der Waals surface area contributed by atoms with Crippen molar-refractivity contribution in [3.63, 3.8) is 0 Å². The highest BCUT2D eigenvalue weighted by atomic mass is 35.5. The Labute approximate surface area is 83.9 Å². The highest BCUT2D eigenvalue weighted by Gasteiger charge is 2.33. The summed E-state index contributed by atoms with van der Waals surface area (Å²) in [5.41, 5.74) is 4.64. The molecule has 0 aliphatic carbocycles. The Hall–Kier alpha value is -0.810. The van der Waals surface area contributed by atoms with Crippen molar-refractivity contribution in [2.75, 3.05) is 6.54 Å². The van der Waals surface area contributed by atoms with Gasteiger partial charge in [0.15, 0.2) is 0 Å². The van der Waals surface area contributed by atoms with E-state index in [2.05, 4.69) is 4.98 Å². The van der Waals surface area contributed by atoms with Crippen LogP contribution in [0.5, 0.6) is 0 Å². The van der Waals surface area contributed by atoms with Gasteiger partial charge in [-0.05, 0) is 12.6 Å². The Kier molecular flexibility index (Phi) is 3.34. The third kappa shape index (κ3) is 2.59. The van der Waals surface area contributed by atoms with E-state index >= 15 is 0 Å². The van der Waals surface area contributed by atoms with Gasteiger partial charge in [-0.15, -0.1) is 0 Å². The maximum Gasteiger partial charge on any atom is 0.417 e. The number of rotatable bonds is 2. The van der Waals surface area contributed by atoms with Crippen molar-refractivity contribution in [2.45, 2.75) is 12.6 Å². The van der Waals surface area contributed by atoms with Gasteiger partial charge in [0.25, 0.3) is 0 Å². The number of nitrogens with two attached hydrogens (primary N) is 1. The van der Waals surface area contributed by atoms with Crippen LogP contribution in [0.4, 0.5) is 13.2 Å². The van der Waals surface area contributed by atoms with Gasteiger partial charge in [-0.3, -0.25) is 4.98 Å². The molecule has 78 valence electrons. The topological polar surface area (TPSA) is 38.9 Å². The summed E-state index contributed by atoms with van der Waals surface area (Å²) in [5.74, 6) is 0. The first kappa shape index (κ1) is 11.3. The second-order valence-corrected chi connectivity index (χ2v) is 3.10. The Bertz CT molecular complexity index is 325. The van der Waals surface area contributed by atoms with Gasteiger partial charge in [0.1, 0.15) is 0 Å². The number of alkyl halides is 3. The van der Waals surface area contributed by atoms with Crippen molar-refractivity contribution in [3.8, 4) is 0 Å². The molecule has 0 bridgehead atoms. The molecule has 1 aromatic heterocycles. The van der Waals surface area contributed by atoms with Crippen LogP contribution in [0.3, 0.4) is 0 Å². The second-order valence-electron chi connectivity index (χ2n) is 2.69. The largest absolute Gasteiger partial charge is 0.417 e. The summed E-state index contributed by atoms with van der Waals surface area (Å²) in [6.07, 6.45) is -3.14. The molecule has 0 unspecified atom stereocenters. The summed E-state index contributed by atoms with van der Waals surface area (Å²) in [7, 11) is 0. The third-order valence-corrected chi connectivity index (χ3v) is 1.92. The van der Waals surface area contributed by atoms with Crippen LogP contribution in [0.15, 0.2) is 12.3 Å². The SMILES string of the molecule is NCCc1cc(C(F)(F)F)c(Cl)cn1. The van der Waals surface area contributed by atoms with Crippen molar-refractivity contribution in [3.05, 3.63) is 28.5 Å². The van der Waals surface area contributed by atoms with Gasteiger partial charge in [-0.25, -0.2) is 0 Å². The van der Waals surface area contributed by atoms with E-state index in [1.54, 1.807) is 0 Å². The summed E-state index contributed by atoms with van der Waals surface area (Å²) in [4.78, 5) is 3.73. The molecule has 0 saturated heterocycles. The van der Waals surface area contributed by atoms with E-state index < -0.39 is 16.8 Å². The molecule has 0 aliphatic rings. The minimum atomic E-state index is -4.44. The molecule has 6 heteroatoms. The third-order valence-electron chi connectivity index (χ3n) is 1.62. The number of halogens is 4. The zero-order valence-electron chi connectivity index (χ0n) is 7.11. The summed E-state index contributed by atoms with van der Waals surface area (Å²) >= 11 is 5.37. The Morgan fingerprint density at radius 1 is 1.43 bits per heavy atom. The molecule has 0 radical (unpaired) electrons. The van der Waals surface area contributed by atoms with Crippen LogP contribution in [0.25, 0.3) is 0 Å². The molecular weight excluding hydrogens is 217 g/mol.